The van der Waals surface area contributed by atoms with E-state index in [9.17, 15) is 5.11 Å². The van der Waals surface area contributed by atoms with Crippen molar-refractivity contribution in [3.8, 4) is 0 Å². The summed E-state index contributed by atoms with van der Waals surface area (Å²) < 4.78 is 2.18. The molecule has 1 aromatic heterocycles. The van der Waals surface area contributed by atoms with Gasteiger partial charge in [-0.25, -0.2) is 4.98 Å². The SMILES string of the molecule is CC(C)(C)N1CC2(C[C@H](O)c3nccn32)C1. The van der Waals surface area contributed by atoms with E-state index >= 15 is 0 Å². The summed E-state index contributed by atoms with van der Waals surface area (Å²) in [6, 6.07) is 0. The van der Waals surface area contributed by atoms with Crippen LogP contribution in [0.1, 0.15) is 39.1 Å². The lowest BCUT2D eigenvalue weighted by Gasteiger charge is -2.54. The molecule has 4 nitrogen and oxygen atoms in total. The average Bonchev–Trinajstić information content (AvgIpc) is 2.62. The Hall–Kier alpha value is -0.870. The van der Waals surface area contributed by atoms with Gasteiger partial charge in [0.05, 0.1) is 5.54 Å². The van der Waals surface area contributed by atoms with E-state index in [2.05, 4.69) is 35.2 Å². The first kappa shape index (κ1) is 10.3. The Morgan fingerprint density at radius 1 is 1.44 bits per heavy atom. The fourth-order valence-corrected chi connectivity index (χ4v) is 2.93. The molecule has 1 fully saturated rings. The van der Waals surface area contributed by atoms with Gasteiger partial charge >= 0.3 is 0 Å². The maximum absolute atomic E-state index is 9.96. The lowest BCUT2D eigenvalue weighted by molar-refractivity contribution is -0.0539. The second kappa shape index (κ2) is 2.87. The van der Waals surface area contributed by atoms with Crippen molar-refractivity contribution in [2.24, 2.45) is 0 Å². The second-order valence-corrected chi connectivity index (χ2v) is 6.13. The molecular formula is C12H19N3O. The predicted octanol–water partition coefficient (Wildman–Crippen LogP) is 1.13. The lowest BCUT2D eigenvalue weighted by Crippen LogP contribution is -2.66. The summed E-state index contributed by atoms with van der Waals surface area (Å²) in [6.45, 7) is 8.76. The zero-order valence-electron chi connectivity index (χ0n) is 10.1. The summed E-state index contributed by atoms with van der Waals surface area (Å²) in [6.07, 6.45) is 4.24. The van der Waals surface area contributed by atoms with Crippen molar-refractivity contribution >= 4 is 0 Å². The standard InChI is InChI=1S/C12H19N3O/c1-11(2,3)14-7-12(8-14)6-9(16)10-13-4-5-15(10)12/h4-5,9,16H,6-8H2,1-3H3/t9-/m0/s1. The Morgan fingerprint density at radius 3 is 2.75 bits per heavy atom. The number of likely N-dealkylation sites (tertiary alicyclic amines) is 1. The third-order valence-corrected chi connectivity index (χ3v) is 3.97. The van der Waals surface area contributed by atoms with Gasteiger partial charge < -0.3 is 9.67 Å². The maximum Gasteiger partial charge on any atom is 0.138 e. The van der Waals surface area contributed by atoms with Gasteiger partial charge in [-0.15, -0.1) is 0 Å². The van der Waals surface area contributed by atoms with E-state index in [-0.39, 0.29) is 17.2 Å². The molecule has 3 heterocycles. The van der Waals surface area contributed by atoms with Crippen LogP contribution in [0, 0.1) is 0 Å². The normalized spacial score (nSPS) is 28.1. The molecule has 0 aliphatic carbocycles. The quantitative estimate of drug-likeness (QED) is 0.714. The molecule has 0 aromatic carbocycles. The van der Waals surface area contributed by atoms with E-state index in [1.807, 2.05) is 6.20 Å². The van der Waals surface area contributed by atoms with Crippen molar-refractivity contribution in [3.63, 3.8) is 0 Å². The van der Waals surface area contributed by atoms with Crippen LogP contribution in [0.4, 0.5) is 0 Å². The summed E-state index contributed by atoms with van der Waals surface area (Å²) in [5, 5.41) is 9.96. The average molecular weight is 221 g/mol. The summed E-state index contributed by atoms with van der Waals surface area (Å²) in [5.74, 6) is 0.841. The Bertz CT molecular complexity index is 412. The number of rotatable bonds is 0. The highest BCUT2D eigenvalue weighted by atomic mass is 16.3. The van der Waals surface area contributed by atoms with E-state index < -0.39 is 0 Å². The molecule has 0 bridgehead atoms. The number of imidazole rings is 1. The number of hydrogen-bond donors (Lipinski definition) is 1. The molecule has 3 rings (SSSR count). The van der Waals surface area contributed by atoms with Gasteiger partial charge in [-0.1, -0.05) is 0 Å². The minimum atomic E-state index is -0.378. The van der Waals surface area contributed by atoms with Crippen LogP contribution in [0.15, 0.2) is 12.4 Å². The van der Waals surface area contributed by atoms with Crippen LogP contribution in [0.3, 0.4) is 0 Å². The van der Waals surface area contributed by atoms with Crippen LogP contribution < -0.4 is 0 Å². The predicted molar refractivity (Wildman–Crippen MR) is 61.1 cm³/mol. The summed E-state index contributed by atoms with van der Waals surface area (Å²) in [4.78, 5) is 6.69. The van der Waals surface area contributed by atoms with Gasteiger partial charge in [0.1, 0.15) is 11.9 Å². The number of aliphatic hydroxyl groups excluding tert-OH is 1. The molecule has 1 saturated heterocycles. The zero-order chi connectivity index (χ0) is 11.6. The van der Waals surface area contributed by atoms with Gasteiger partial charge in [-0.05, 0) is 20.8 Å². The molecule has 1 spiro atoms. The smallest absolute Gasteiger partial charge is 0.138 e. The molecule has 16 heavy (non-hydrogen) atoms. The first-order valence-corrected chi connectivity index (χ1v) is 5.89. The number of nitrogens with zero attached hydrogens (tertiary/aromatic N) is 3. The Labute approximate surface area is 95.9 Å². The molecule has 2 aliphatic heterocycles. The van der Waals surface area contributed by atoms with Crippen LogP contribution in [0.2, 0.25) is 0 Å². The van der Waals surface area contributed by atoms with E-state index in [1.54, 1.807) is 6.20 Å². The first-order valence-electron chi connectivity index (χ1n) is 5.89. The van der Waals surface area contributed by atoms with E-state index in [0.29, 0.717) is 0 Å². The van der Waals surface area contributed by atoms with Crippen molar-refractivity contribution in [2.75, 3.05) is 13.1 Å². The van der Waals surface area contributed by atoms with Gasteiger partial charge in [-0.3, -0.25) is 4.90 Å². The molecule has 0 amide bonds. The van der Waals surface area contributed by atoms with E-state index in [0.717, 1.165) is 25.3 Å². The summed E-state index contributed by atoms with van der Waals surface area (Å²) in [5.41, 5.74) is 0.331. The molecule has 0 radical (unpaired) electrons. The van der Waals surface area contributed by atoms with E-state index in [1.165, 1.54) is 0 Å². The highest BCUT2D eigenvalue weighted by molar-refractivity contribution is 5.18. The van der Waals surface area contributed by atoms with Crippen LogP contribution in [0.5, 0.6) is 0 Å². The molecule has 1 N–H and O–H groups in total. The molecular weight excluding hydrogens is 202 g/mol. The summed E-state index contributed by atoms with van der Waals surface area (Å²) >= 11 is 0. The number of fused-ring (bicyclic) bond motifs is 2. The minimum absolute atomic E-state index is 0.110. The topological polar surface area (TPSA) is 41.3 Å². The maximum atomic E-state index is 9.96. The molecule has 1 atom stereocenters. The highest BCUT2D eigenvalue weighted by Gasteiger charge is 2.53. The molecule has 0 unspecified atom stereocenters. The highest BCUT2D eigenvalue weighted by Crippen LogP contribution is 2.46. The molecule has 2 aliphatic rings. The molecule has 0 saturated carbocycles. The van der Waals surface area contributed by atoms with Gasteiger partial charge in [0.2, 0.25) is 0 Å². The van der Waals surface area contributed by atoms with Gasteiger partial charge in [-0.2, -0.15) is 0 Å². The fourth-order valence-electron chi connectivity index (χ4n) is 2.93. The van der Waals surface area contributed by atoms with Crippen LogP contribution in [-0.2, 0) is 5.54 Å². The fraction of sp³-hybridized carbons (Fsp3) is 0.750. The van der Waals surface area contributed by atoms with Gasteiger partial charge in [0.25, 0.3) is 0 Å². The molecule has 4 heteroatoms. The van der Waals surface area contributed by atoms with Crippen molar-refractivity contribution < 1.29 is 5.11 Å². The van der Waals surface area contributed by atoms with E-state index in [4.69, 9.17) is 0 Å². The number of hydrogen-bond acceptors (Lipinski definition) is 3. The van der Waals surface area contributed by atoms with Crippen LogP contribution in [-0.4, -0.2) is 38.2 Å². The monoisotopic (exact) mass is 221 g/mol. The summed E-state index contributed by atoms with van der Waals surface area (Å²) in [7, 11) is 0. The minimum Gasteiger partial charge on any atom is -0.385 e. The Kier molecular flexibility index (Phi) is 1.85. The zero-order valence-corrected chi connectivity index (χ0v) is 10.1. The van der Waals surface area contributed by atoms with Crippen molar-refractivity contribution in [3.05, 3.63) is 18.2 Å². The Balaban J connectivity index is 1.86. The van der Waals surface area contributed by atoms with Crippen molar-refractivity contribution in [1.29, 1.82) is 0 Å². The van der Waals surface area contributed by atoms with Crippen LogP contribution in [0.25, 0.3) is 0 Å². The van der Waals surface area contributed by atoms with Crippen molar-refractivity contribution in [1.82, 2.24) is 14.5 Å². The molecule has 1 aromatic rings. The number of aromatic nitrogens is 2. The van der Waals surface area contributed by atoms with Crippen molar-refractivity contribution in [2.45, 2.75) is 44.4 Å². The van der Waals surface area contributed by atoms with Crippen LogP contribution >= 0.6 is 0 Å². The van der Waals surface area contributed by atoms with Gasteiger partial charge in [0.15, 0.2) is 0 Å². The Morgan fingerprint density at radius 2 is 2.12 bits per heavy atom. The lowest BCUT2D eigenvalue weighted by atomic mass is 9.83. The third-order valence-electron chi connectivity index (χ3n) is 3.97. The third kappa shape index (κ3) is 1.20. The second-order valence-electron chi connectivity index (χ2n) is 6.13. The molecule has 88 valence electrons. The first-order chi connectivity index (χ1) is 7.42. The number of aliphatic hydroxyl groups is 1. The largest absolute Gasteiger partial charge is 0.385 e. The van der Waals surface area contributed by atoms with Gasteiger partial charge in [0, 0.05) is 37.4 Å².